The number of rotatable bonds is 4. The number of nitro benzene ring substituents is 1. The Morgan fingerprint density at radius 3 is 2.76 bits per heavy atom. The predicted octanol–water partition coefficient (Wildman–Crippen LogP) is 3.74. The zero-order chi connectivity index (χ0) is 15.6. The van der Waals surface area contributed by atoms with Gasteiger partial charge in [-0.15, -0.1) is 0 Å². The van der Waals surface area contributed by atoms with E-state index < -0.39 is 4.92 Å². The molecule has 0 atom stereocenters. The van der Waals surface area contributed by atoms with Crippen molar-refractivity contribution in [3.05, 3.63) is 56.3 Å². The molecule has 0 spiro atoms. The largest absolute Gasteiger partial charge is 0.343 e. The Labute approximate surface area is 130 Å². The number of amides is 1. The highest BCUT2D eigenvalue weighted by Crippen LogP contribution is 2.23. The number of benzene rings is 1. The van der Waals surface area contributed by atoms with Gasteiger partial charge in [-0.2, -0.15) is 0 Å². The molecular formula is C14H14BrN3O3. The van der Waals surface area contributed by atoms with E-state index in [1.54, 1.807) is 29.7 Å². The first kappa shape index (κ1) is 15.2. The molecule has 2 rings (SSSR count). The van der Waals surface area contributed by atoms with Crippen molar-refractivity contribution >= 4 is 33.2 Å². The number of aryl methyl sites for hydroxylation is 2. The van der Waals surface area contributed by atoms with Crippen molar-refractivity contribution in [3.8, 4) is 0 Å². The maximum absolute atomic E-state index is 12.3. The third-order valence-corrected chi connectivity index (χ3v) is 3.53. The zero-order valence-corrected chi connectivity index (χ0v) is 13.2. The molecule has 0 radical (unpaired) electrons. The molecule has 2 aromatic rings. The van der Waals surface area contributed by atoms with Crippen molar-refractivity contribution in [3.63, 3.8) is 0 Å². The SMILES string of the molecule is CCn1cc(Br)cc1C(=O)Nc1ccc(C)c([N+](=O)[O-])c1. The molecule has 6 nitrogen and oxygen atoms in total. The molecule has 0 aliphatic heterocycles. The number of aromatic nitrogens is 1. The Kier molecular flexibility index (Phi) is 4.42. The quantitative estimate of drug-likeness (QED) is 0.673. The lowest BCUT2D eigenvalue weighted by Crippen LogP contribution is -2.16. The summed E-state index contributed by atoms with van der Waals surface area (Å²) in [5.41, 5.74) is 1.43. The van der Waals surface area contributed by atoms with E-state index in [1.807, 2.05) is 13.1 Å². The van der Waals surface area contributed by atoms with Crippen LogP contribution < -0.4 is 5.32 Å². The summed E-state index contributed by atoms with van der Waals surface area (Å²) in [4.78, 5) is 22.7. The Hall–Kier alpha value is -2.15. The Bertz CT molecular complexity index is 709. The third-order valence-electron chi connectivity index (χ3n) is 3.10. The van der Waals surface area contributed by atoms with Gasteiger partial charge in [-0.1, -0.05) is 6.07 Å². The van der Waals surface area contributed by atoms with Crippen LogP contribution in [0.3, 0.4) is 0 Å². The van der Waals surface area contributed by atoms with Crippen molar-refractivity contribution in [2.75, 3.05) is 5.32 Å². The molecule has 0 aliphatic carbocycles. The zero-order valence-electron chi connectivity index (χ0n) is 11.6. The Balaban J connectivity index is 2.27. The van der Waals surface area contributed by atoms with Crippen LogP contribution >= 0.6 is 15.9 Å². The minimum absolute atomic E-state index is 0.0140. The molecule has 7 heteroatoms. The molecule has 0 saturated carbocycles. The lowest BCUT2D eigenvalue weighted by molar-refractivity contribution is -0.385. The highest BCUT2D eigenvalue weighted by molar-refractivity contribution is 9.10. The summed E-state index contributed by atoms with van der Waals surface area (Å²) in [6, 6.07) is 6.33. The molecule has 110 valence electrons. The summed E-state index contributed by atoms with van der Waals surface area (Å²) in [6.45, 7) is 4.24. The van der Waals surface area contributed by atoms with Crippen LogP contribution in [0.1, 0.15) is 23.0 Å². The van der Waals surface area contributed by atoms with Gasteiger partial charge in [0.15, 0.2) is 0 Å². The topological polar surface area (TPSA) is 77.2 Å². The highest BCUT2D eigenvalue weighted by Gasteiger charge is 2.15. The second-order valence-electron chi connectivity index (χ2n) is 4.54. The van der Waals surface area contributed by atoms with Crippen LogP contribution in [0.15, 0.2) is 34.9 Å². The summed E-state index contributed by atoms with van der Waals surface area (Å²) in [5, 5.41) is 13.6. The number of carbonyl (C=O) groups is 1. The average molecular weight is 352 g/mol. The Morgan fingerprint density at radius 1 is 1.43 bits per heavy atom. The first-order valence-electron chi connectivity index (χ1n) is 6.34. The van der Waals surface area contributed by atoms with Crippen molar-refractivity contribution < 1.29 is 9.72 Å². The third kappa shape index (κ3) is 3.30. The van der Waals surface area contributed by atoms with Gasteiger partial charge in [-0.05, 0) is 41.9 Å². The van der Waals surface area contributed by atoms with Crippen LogP contribution in [0.4, 0.5) is 11.4 Å². The van der Waals surface area contributed by atoms with E-state index in [0.717, 1.165) is 4.47 Å². The van der Waals surface area contributed by atoms with E-state index in [1.165, 1.54) is 6.07 Å². The fourth-order valence-corrected chi connectivity index (χ4v) is 2.47. The van der Waals surface area contributed by atoms with Crippen molar-refractivity contribution in [1.82, 2.24) is 4.57 Å². The van der Waals surface area contributed by atoms with Crippen molar-refractivity contribution in [2.24, 2.45) is 0 Å². The average Bonchev–Trinajstić information content (AvgIpc) is 2.82. The van der Waals surface area contributed by atoms with E-state index in [4.69, 9.17) is 0 Å². The van der Waals surface area contributed by atoms with Crippen LogP contribution in [-0.4, -0.2) is 15.4 Å². The summed E-state index contributed by atoms with van der Waals surface area (Å²) in [6.07, 6.45) is 1.81. The van der Waals surface area contributed by atoms with Gasteiger partial charge in [0, 0.05) is 34.5 Å². The van der Waals surface area contributed by atoms with Crippen LogP contribution in [-0.2, 0) is 6.54 Å². The number of hydrogen-bond acceptors (Lipinski definition) is 3. The van der Waals surface area contributed by atoms with E-state index in [-0.39, 0.29) is 11.6 Å². The second kappa shape index (κ2) is 6.09. The van der Waals surface area contributed by atoms with E-state index in [0.29, 0.717) is 23.5 Å². The monoisotopic (exact) mass is 351 g/mol. The maximum atomic E-state index is 12.3. The Morgan fingerprint density at radius 2 is 2.14 bits per heavy atom. The molecule has 0 saturated heterocycles. The number of halogens is 1. The normalized spacial score (nSPS) is 10.4. The number of nitrogens with zero attached hydrogens (tertiary/aromatic N) is 2. The molecule has 0 unspecified atom stereocenters. The summed E-state index contributed by atoms with van der Waals surface area (Å²) in [7, 11) is 0. The van der Waals surface area contributed by atoms with Gasteiger partial charge in [0.2, 0.25) is 0 Å². The molecule has 1 heterocycles. The van der Waals surface area contributed by atoms with Gasteiger partial charge in [0.1, 0.15) is 5.69 Å². The fourth-order valence-electron chi connectivity index (χ4n) is 2.01. The van der Waals surface area contributed by atoms with Gasteiger partial charge in [0.25, 0.3) is 11.6 Å². The standard InChI is InChI=1S/C14H14BrN3O3/c1-3-17-8-10(15)6-13(17)14(19)16-11-5-4-9(2)12(7-11)18(20)21/h4-8H,3H2,1-2H3,(H,16,19). The van der Waals surface area contributed by atoms with Gasteiger partial charge in [-0.25, -0.2) is 0 Å². The molecule has 1 N–H and O–H groups in total. The number of hydrogen-bond donors (Lipinski definition) is 1. The predicted molar refractivity (Wildman–Crippen MR) is 83.6 cm³/mol. The van der Waals surface area contributed by atoms with Gasteiger partial charge < -0.3 is 9.88 Å². The number of nitro groups is 1. The fraction of sp³-hybridized carbons (Fsp3) is 0.214. The minimum atomic E-state index is -0.462. The van der Waals surface area contributed by atoms with Crippen LogP contribution in [0.25, 0.3) is 0 Å². The second-order valence-corrected chi connectivity index (χ2v) is 5.46. The maximum Gasteiger partial charge on any atom is 0.274 e. The van der Waals surface area contributed by atoms with Crippen LogP contribution in [0, 0.1) is 17.0 Å². The minimum Gasteiger partial charge on any atom is -0.343 e. The molecule has 0 fully saturated rings. The van der Waals surface area contributed by atoms with E-state index in [2.05, 4.69) is 21.2 Å². The summed E-state index contributed by atoms with van der Waals surface area (Å²) in [5.74, 6) is -0.305. The molecule has 1 aromatic heterocycles. The number of carbonyl (C=O) groups excluding carboxylic acids is 1. The van der Waals surface area contributed by atoms with Gasteiger partial charge in [-0.3, -0.25) is 14.9 Å². The smallest absolute Gasteiger partial charge is 0.274 e. The van der Waals surface area contributed by atoms with Crippen molar-refractivity contribution in [2.45, 2.75) is 20.4 Å². The molecule has 1 aromatic carbocycles. The van der Waals surface area contributed by atoms with Gasteiger partial charge >= 0.3 is 0 Å². The number of nitrogens with one attached hydrogen (secondary N) is 1. The van der Waals surface area contributed by atoms with E-state index >= 15 is 0 Å². The molecule has 1 amide bonds. The number of anilines is 1. The first-order chi connectivity index (χ1) is 9.92. The molecule has 0 aliphatic rings. The summed E-state index contributed by atoms with van der Waals surface area (Å²) < 4.78 is 2.60. The van der Waals surface area contributed by atoms with Gasteiger partial charge in [0.05, 0.1) is 4.92 Å². The highest BCUT2D eigenvalue weighted by atomic mass is 79.9. The lowest BCUT2D eigenvalue weighted by atomic mass is 10.2. The molecule has 21 heavy (non-hydrogen) atoms. The first-order valence-corrected chi connectivity index (χ1v) is 7.13. The van der Waals surface area contributed by atoms with E-state index in [9.17, 15) is 14.9 Å². The molecular weight excluding hydrogens is 338 g/mol. The summed E-state index contributed by atoms with van der Waals surface area (Å²) >= 11 is 3.33. The lowest BCUT2D eigenvalue weighted by Gasteiger charge is -2.08. The van der Waals surface area contributed by atoms with Crippen LogP contribution in [0.5, 0.6) is 0 Å². The molecule has 0 bridgehead atoms. The van der Waals surface area contributed by atoms with Crippen LogP contribution in [0.2, 0.25) is 0 Å². The van der Waals surface area contributed by atoms with Crippen molar-refractivity contribution in [1.29, 1.82) is 0 Å².